The van der Waals surface area contributed by atoms with Gasteiger partial charge in [0.25, 0.3) is 5.91 Å². The molecule has 2 amide bonds. The Morgan fingerprint density at radius 1 is 1.31 bits per heavy atom. The third kappa shape index (κ3) is 4.89. The predicted molar refractivity (Wildman–Crippen MR) is 138 cm³/mol. The highest BCUT2D eigenvalue weighted by atomic mass is 35.5. The fourth-order valence-corrected chi connectivity index (χ4v) is 5.21. The molecule has 192 valence electrons. The van der Waals surface area contributed by atoms with Crippen molar-refractivity contribution in [1.82, 2.24) is 30.0 Å². The van der Waals surface area contributed by atoms with Crippen LogP contribution in [0.1, 0.15) is 55.3 Å². The van der Waals surface area contributed by atoms with Crippen LogP contribution in [-0.4, -0.2) is 55.6 Å². The summed E-state index contributed by atoms with van der Waals surface area (Å²) in [7, 11) is 1.63. The van der Waals surface area contributed by atoms with Crippen LogP contribution >= 0.6 is 11.6 Å². The number of halogens is 2. The number of aromatic nitrogens is 4. The quantitative estimate of drug-likeness (QED) is 0.487. The van der Waals surface area contributed by atoms with Crippen LogP contribution in [0.15, 0.2) is 24.8 Å². The third-order valence-electron chi connectivity index (χ3n) is 6.90. The van der Waals surface area contributed by atoms with Gasteiger partial charge in [0.1, 0.15) is 5.82 Å². The second kappa shape index (κ2) is 9.69. The number of likely N-dealkylation sites (tertiary alicyclic amines) is 1. The molecule has 1 saturated heterocycles. The maximum absolute atomic E-state index is 14.8. The van der Waals surface area contributed by atoms with E-state index < -0.39 is 11.9 Å². The molecule has 1 fully saturated rings. The first-order valence-corrected chi connectivity index (χ1v) is 12.4. The number of nitrogens with one attached hydrogen (secondary N) is 2. The van der Waals surface area contributed by atoms with Gasteiger partial charge in [0.2, 0.25) is 11.9 Å². The fraction of sp³-hybridized carbons (Fsp3) is 0.462. The van der Waals surface area contributed by atoms with Crippen LogP contribution in [0.3, 0.4) is 0 Å². The molecule has 0 spiro atoms. The van der Waals surface area contributed by atoms with Crippen LogP contribution < -0.4 is 5.32 Å². The molecule has 2 N–H and O–H groups in total. The van der Waals surface area contributed by atoms with Crippen LogP contribution in [0.5, 0.6) is 0 Å². The smallest absolute Gasteiger partial charge is 0.273 e. The monoisotopic (exact) mass is 514 g/mol. The molecule has 36 heavy (non-hydrogen) atoms. The minimum atomic E-state index is -0.814. The molecule has 1 aliphatic heterocycles. The molecule has 0 saturated carbocycles. The molecule has 0 aliphatic carbocycles. The van der Waals surface area contributed by atoms with E-state index in [0.29, 0.717) is 36.8 Å². The highest BCUT2D eigenvalue weighted by Gasteiger charge is 2.34. The number of carbonyl (C=O) groups excluding carboxylic acids is 2. The van der Waals surface area contributed by atoms with Crippen LogP contribution in [-0.2, 0) is 30.1 Å². The Balaban J connectivity index is 1.50. The van der Waals surface area contributed by atoms with Crippen molar-refractivity contribution in [1.29, 1.82) is 0 Å². The number of H-pyrrole nitrogens is 1. The first-order chi connectivity index (χ1) is 16.9. The molecular formula is C26H32ClFN6O2. The average molecular weight is 515 g/mol. The summed E-state index contributed by atoms with van der Waals surface area (Å²) < 4.78 is 16.3. The summed E-state index contributed by atoms with van der Waals surface area (Å²) in [6.45, 7) is 12.6. The Morgan fingerprint density at radius 2 is 2.03 bits per heavy atom. The molecule has 10 heteroatoms. The van der Waals surface area contributed by atoms with Gasteiger partial charge in [-0.25, -0.2) is 4.98 Å². The molecule has 8 nitrogen and oxygen atoms in total. The molecule has 2 aromatic heterocycles. The van der Waals surface area contributed by atoms with Gasteiger partial charge < -0.3 is 14.8 Å². The predicted octanol–water partition coefficient (Wildman–Crippen LogP) is 3.93. The van der Waals surface area contributed by atoms with Gasteiger partial charge in [0.05, 0.1) is 11.6 Å². The van der Waals surface area contributed by atoms with Crippen molar-refractivity contribution in [2.24, 2.45) is 13.0 Å². The number of aromatic amines is 1. The summed E-state index contributed by atoms with van der Waals surface area (Å²) in [6, 6.07) is 3.63. The summed E-state index contributed by atoms with van der Waals surface area (Å²) in [5, 5.41) is 11.9. The zero-order chi connectivity index (χ0) is 26.4. The van der Waals surface area contributed by atoms with Gasteiger partial charge in [0.15, 0.2) is 5.69 Å². The van der Waals surface area contributed by atoms with Crippen LogP contribution in [0.2, 0.25) is 5.02 Å². The summed E-state index contributed by atoms with van der Waals surface area (Å²) in [4.78, 5) is 30.5. The van der Waals surface area contributed by atoms with E-state index in [0.717, 1.165) is 22.2 Å². The van der Waals surface area contributed by atoms with E-state index in [-0.39, 0.29) is 29.0 Å². The third-order valence-corrected chi connectivity index (χ3v) is 7.22. The largest absolute Gasteiger partial charge is 0.346 e. The summed E-state index contributed by atoms with van der Waals surface area (Å²) in [6.07, 6.45) is 2.20. The van der Waals surface area contributed by atoms with Gasteiger partial charge in [-0.3, -0.25) is 14.7 Å². The zero-order valence-electron chi connectivity index (χ0n) is 21.3. The van der Waals surface area contributed by atoms with Crippen LogP contribution in [0.25, 0.3) is 10.9 Å². The molecular weight excluding hydrogens is 483 g/mol. The first-order valence-electron chi connectivity index (χ1n) is 12.0. The lowest BCUT2D eigenvalue weighted by Gasteiger charge is -2.20. The van der Waals surface area contributed by atoms with Crippen molar-refractivity contribution in [3.63, 3.8) is 0 Å². The van der Waals surface area contributed by atoms with Gasteiger partial charge in [-0.2, -0.15) is 9.49 Å². The maximum atomic E-state index is 14.8. The second-order valence-electron chi connectivity index (χ2n) is 10.5. The standard InChI is InChI=1S/C26H32ClFN6O2/c1-7-22(35)34-12-14(2)20(13-34)29-25(36)23-24(28)30-21(33(23)6)9-8-18-15-10-16(26(3,4)5)17(27)11-19(15)32-31-18/h7,10-11,14,20H,1,8-9,12-13H2,2-6H3,(H,29,36)(H,31,32)/t14-,20+/m1/s1. The van der Waals surface area contributed by atoms with Crippen molar-refractivity contribution in [2.45, 2.75) is 52.0 Å². The molecule has 4 rings (SSSR count). The molecule has 3 heterocycles. The molecule has 0 unspecified atom stereocenters. The molecule has 2 atom stereocenters. The highest BCUT2D eigenvalue weighted by molar-refractivity contribution is 6.32. The number of benzene rings is 1. The summed E-state index contributed by atoms with van der Waals surface area (Å²) in [5.74, 6) is -1.06. The minimum absolute atomic E-state index is 0.0359. The molecule has 0 radical (unpaired) electrons. The van der Waals surface area contributed by atoms with Crippen LogP contribution in [0.4, 0.5) is 4.39 Å². The molecule has 1 aromatic carbocycles. The zero-order valence-corrected chi connectivity index (χ0v) is 22.0. The van der Waals surface area contributed by atoms with E-state index >= 15 is 0 Å². The van der Waals surface area contributed by atoms with E-state index in [1.807, 2.05) is 13.0 Å². The van der Waals surface area contributed by atoms with Gasteiger partial charge in [-0.15, -0.1) is 0 Å². The topological polar surface area (TPSA) is 95.9 Å². The number of amides is 2. The Kier molecular flexibility index (Phi) is 6.96. The maximum Gasteiger partial charge on any atom is 0.273 e. The van der Waals surface area contributed by atoms with E-state index in [1.54, 1.807) is 11.9 Å². The Bertz CT molecular complexity index is 1340. The summed E-state index contributed by atoms with van der Waals surface area (Å²) in [5.41, 5.74) is 2.44. The highest BCUT2D eigenvalue weighted by Crippen LogP contribution is 2.33. The second-order valence-corrected chi connectivity index (χ2v) is 10.9. The normalized spacial score (nSPS) is 18.1. The van der Waals surface area contributed by atoms with E-state index in [9.17, 15) is 14.0 Å². The molecule has 1 aliphatic rings. The van der Waals surface area contributed by atoms with E-state index in [2.05, 4.69) is 53.9 Å². The SMILES string of the molecule is C=CC(=O)N1C[C@@H](C)[C@@H](NC(=O)c2c(F)nc(CCc3[nH]nc4cc(Cl)c(C(C)(C)C)cc34)n2C)C1. The number of aryl methyl sites for hydroxylation is 2. The molecule has 0 bridgehead atoms. The lowest BCUT2D eigenvalue weighted by Crippen LogP contribution is -2.41. The summed E-state index contributed by atoms with van der Waals surface area (Å²) >= 11 is 6.47. The lowest BCUT2D eigenvalue weighted by atomic mass is 9.86. The lowest BCUT2D eigenvalue weighted by molar-refractivity contribution is -0.125. The van der Waals surface area contributed by atoms with Crippen molar-refractivity contribution in [3.8, 4) is 0 Å². The Morgan fingerprint density at radius 3 is 2.69 bits per heavy atom. The average Bonchev–Trinajstić information content (AvgIpc) is 3.45. The Labute approximate surface area is 214 Å². The van der Waals surface area contributed by atoms with Gasteiger partial charge in [0, 0.05) is 42.7 Å². The number of fused-ring (bicyclic) bond motifs is 1. The van der Waals surface area contributed by atoms with Crippen molar-refractivity contribution in [2.75, 3.05) is 13.1 Å². The van der Waals surface area contributed by atoms with Crippen molar-refractivity contribution >= 4 is 34.3 Å². The van der Waals surface area contributed by atoms with Crippen molar-refractivity contribution in [3.05, 3.63) is 58.5 Å². The number of hydrogen-bond acceptors (Lipinski definition) is 4. The molecule has 3 aromatic rings. The number of imidazole rings is 1. The van der Waals surface area contributed by atoms with Crippen LogP contribution in [0, 0.1) is 11.9 Å². The minimum Gasteiger partial charge on any atom is -0.346 e. The van der Waals surface area contributed by atoms with Gasteiger partial charge in [-0.05, 0) is 41.5 Å². The Hall–Kier alpha value is -3.20. The number of hydrogen-bond donors (Lipinski definition) is 2. The number of carbonyl (C=O) groups is 2. The number of nitrogens with zero attached hydrogens (tertiary/aromatic N) is 4. The first kappa shape index (κ1) is 25.9. The van der Waals surface area contributed by atoms with E-state index in [1.165, 1.54) is 10.6 Å². The fourth-order valence-electron chi connectivity index (χ4n) is 4.77. The number of rotatable bonds is 6. The van der Waals surface area contributed by atoms with Crippen molar-refractivity contribution < 1.29 is 14.0 Å². The van der Waals surface area contributed by atoms with Gasteiger partial charge >= 0.3 is 0 Å². The van der Waals surface area contributed by atoms with E-state index in [4.69, 9.17) is 11.6 Å². The van der Waals surface area contributed by atoms with Gasteiger partial charge in [-0.1, -0.05) is 45.9 Å².